The Balaban J connectivity index is 1.77. The summed E-state index contributed by atoms with van der Waals surface area (Å²) in [4.78, 5) is 19.2. The fraction of sp³-hybridized carbons (Fsp3) is 0.200. The van der Waals surface area contributed by atoms with Crippen LogP contribution in [0.4, 0.5) is 0 Å². The zero-order chi connectivity index (χ0) is 14.7. The van der Waals surface area contributed by atoms with Crippen LogP contribution in [0.2, 0.25) is 0 Å². The van der Waals surface area contributed by atoms with Gasteiger partial charge >= 0.3 is 0 Å². The van der Waals surface area contributed by atoms with Gasteiger partial charge in [-0.25, -0.2) is 4.98 Å². The van der Waals surface area contributed by atoms with Crippen LogP contribution in [0.5, 0.6) is 0 Å². The van der Waals surface area contributed by atoms with Gasteiger partial charge in [0.25, 0.3) is 0 Å². The molecule has 0 bridgehead atoms. The van der Waals surface area contributed by atoms with Crippen molar-refractivity contribution in [2.75, 3.05) is 20.3 Å². The lowest BCUT2D eigenvalue weighted by molar-refractivity contribution is -0.112. The summed E-state index contributed by atoms with van der Waals surface area (Å²) in [5, 5.41) is 3.94. The zero-order valence-corrected chi connectivity index (χ0v) is 11.6. The molecule has 0 unspecified atom stereocenters. The Labute approximate surface area is 121 Å². The Morgan fingerprint density at radius 1 is 1.52 bits per heavy atom. The summed E-state index contributed by atoms with van der Waals surface area (Å²) in [5.74, 6) is 0.578. The van der Waals surface area contributed by atoms with Crippen molar-refractivity contribution in [3.8, 4) is 0 Å². The number of pyridine rings is 1. The molecule has 2 N–H and O–H groups in total. The maximum atomic E-state index is 11.9. The van der Waals surface area contributed by atoms with Crippen LogP contribution in [0.3, 0.4) is 0 Å². The molecule has 6 heteroatoms. The van der Waals surface area contributed by atoms with Gasteiger partial charge < -0.3 is 19.8 Å². The molecule has 0 spiro atoms. The Morgan fingerprint density at radius 3 is 3.29 bits per heavy atom. The molecule has 1 aliphatic heterocycles. The number of aromatic nitrogens is 2. The third-order valence-electron chi connectivity index (χ3n) is 3.10. The molecular weight excluding hydrogens is 270 g/mol. The first-order valence-electron chi connectivity index (χ1n) is 6.58. The highest BCUT2D eigenvalue weighted by molar-refractivity contribution is 6.08. The summed E-state index contributed by atoms with van der Waals surface area (Å²) in [6.07, 6.45) is 6.67. The highest BCUT2D eigenvalue weighted by Gasteiger charge is 2.20. The molecule has 6 nitrogen and oxygen atoms in total. The van der Waals surface area contributed by atoms with E-state index < -0.39 is 0 Å². The van der Waals surface area contributed by atoms with Crippen LogP contribution in [-0.4, -0.2) is 36.0 Å². The molecule has 0 saturated heterocycles. The molecule has 1 aliphatic rings. The van der Waals surface area contributed by atoms with E-state index in [-0.39, 0.29) is 5.78 Å². The number of carbonyl (C=O) groups is 1. The average molecular weight is 285 g/mol. The second-order valence-corrected chi connectivity index (χ2v) is 4.55. The smallest absolute Gasteiger partial charge is 0.226 e. The summed E-state index contributed by atoms with van der Waals surface area (Å²) in [6.45, 7) is 1.13. The van der Waals surface area contributed by atoms with Crippen molar-refractivity contribution in [3.05, 3.63) is 47.8 Å². The molecule has 0 aliphatic carbocycles. The van der Waals surface area contributed by atoms with Gasteiger partial charge in [-0.15, -0.1) is 0 Å². The highest BCUT2D eigenvalue weighted by atomic mass is 16.5. The molecule has 0 atom stereocenters. The third-order valence-corrected chi connectivity index (χ3v) is 3.10. The number of hydrogen-bond acceptors (Lipinski definition) is 5. The van der Waals surface area contributed by atoms with Gasteiger partial charge in [-0.05, 0) is 18.2 Å². The summed E-state index contributed by atoms with van der Waals surface area (Å²) < 4.78 is 10.4. The lowest BCUT2D eigenvalue weighted by Crippen LogP contribution is -2.18. The molecule has 0 fully saturated rings. The maximum absolute atomic E-state index is 11.9. The van der Waals surface area contributed by atoms with Gasteiger partial charge in [0.05, 0.1) is 6.61 Å². The predicted molar refractivity (Wildman–Crippen MR) is 78.1 cm³/mol. The lowest BCUT2D eigenvalue weighted by atomic mass is 10.2. The van der Waals surface area contributed by atoms with E-state index in [1.54, 1.807) is 25.6 Å². The molecule has 0 saturated carbocycles. The SMILES string of the molecule is COCCNC1=CC(=O)/C(=C\c2c[nH]c3ncccc23)O1. The second kappa shape index (κ2) is 5.80. The number of hydrogen-bond donors (Lipinski definition) is 2. The van der Waals surface area contributed by atoms with Gasteiger partial charge in [0.2, 0.25) is 5.78 Å². The molecule has 3 rings (SSSR count). The molecule has 2 aromatic heterocycles. The fourth-order valence-corrected chi connectivity index (χ4v) is 2.09. The Morgan fingerprint density at radius 2 is 2.43 bits per heavy atom. The molecular formula is C15H15N3O3. The van der Waals surface area contributed by atoms with E-state index in [1.165, 1.54) is 6.08 Å². The van der Waals surface area contributed by atoms with Crippen LogP contribution in [0.25, 0.3) is 17.1 Å². The minimum Gasteiger partial charge on any atom is -0.437 e. The molecule has 0 aromatic carbocycles. The number of nitrogens with one attached hydrogen (secondary N) is 2. The van der Waals surface area contributed by atoms with E-state index in [0.717, 1.165) is 16.6 Å². The fourth-order valence-electron chi connectivity index (χ4n) is 2.09. The summed E-state index contributed by atoms with van der Waals surface area (Å²) in [6, 6.07) is 3.79. The van der Waals surface area contributed by atoms with Crippen molar-refractivity contribution in [2.45, 2.75) is 0 Å². The highest BCUT2D eigenvalue weighted by Crippen LogP contribution is 2.23. The second-order valence-electron chi connectivity index (χ2n) is 4.55. The molecule has 2 aromatic rings. The van der Waals surface area contributed by atoms with Crippen LogP contribution < -0.4 is 5.32 Å². The van der Waals surface area contributed by atoms with Gasteiger partial charge in [0.1, 0.15) is 5.65 Å². The largest absolute Gasteiger partial charge is 0.437 e. The van der Waals surface area contributed by atoms with Crippen molar-refractivity contribution in [1.82, 2.24) is 15.3 Å². The molecule has 3 heterocycles. The third kappa shape index (κ3) is 2.80. The number of nitrogens with zero attached hydrogens (tertiary/aromatic N) is 1. The first-order chi connectivity index (χ1) is 10.3. The van der Waals surface area contributed by atoms with Crippen molar-refractivity contribution in [2.24, 2.45) is 0 Å². The maximum Gasteiger partial charge on any atom is 0.226 e. The summed E-state index contributed by atoms with van der Waals surface area (Å²) in [5.41, 5.74) is 1.65. The van der Waals surface area contributed by atoms with E-state index >= 15 is 0 Å². The van der Waals surface area contributed by atoms with Crippen LogP contribution >= 0.6 is 0 Å². The van der Waals surface area contributed by atoms with Crippen LogP contribution in [0.15, 0.2) is 42.2 Å². The lowest BCUT2D eigenvalue weighted by Gasteiger charge is -2.06. The van der Waals surface area contributed by atoms with E-state index in [9.17, 15) is 4.79 Å². The van der Waals surface area contributed by atoms with Gasteiger partial charge in [-0.3, -0.25) is 4.79 Å². The Kier molecular flexibility index (Phi) is 3.70. The van der Waals surface area contributed by atoms with Crippen molar-refractivity contribution < 1.29 is 14.3 Å². The molecule has 0 amide bonds. The number of H-pyrrole nitrogens is 1. The van der Waals surface area contributed by atoms with Crippen LogP contribution in [-0.2, 0) is 14.3 Å². The van der Waals surface area contributed by atoms with Crippen LogP contribution in [0, 0.1) is 0 Å². The van der Waals surface area contributed by atoms with Gasteiger partial charge in [0, 0.05) is 43.1 Å². The average Bonchev–Trinajstić information content (AvgIpc) is 3.05. The van der Waals surface area contributed by atoms with Crippen LogP contribution in [0.1, 0.15) is 5.56 Å². The first kappa shape index (κ1) is 13.4. The van der Waals surface area contributed by atoms with Gasteiger partial charge in [0.15, 0.2) is 11.6 Å². The minimum absolute atomic E-state index is 0.159. The minimum atomic E-state index is -0.159. The number of fused-ring (bicyclic) bond motifs is 1. The monoisotopic (exact) mass is 285 g/mol. The van der Waals surface area contributed by atoms with E-state index in [0.29, 0.717) is 24.8 Å². The zero-order valence-electron chi connectivity index (χ0n) is 11.6. The first-order valence-corrected chi connectivity index (χ1v) is 6.58. The topological polar surface area (TPSA) is 76.2 Å². The van der Waals surface area contributed by atoms with Crippen molar-refractivity contribution in [1.29, 1.82) is 0 Å². The Hall–Kier alpha value is -2.60. The quantitative estimate of drug-likeness (QED) is 0.644. The van der Waals surface area contributed by atoms with E-state index in [4.69, 9.17) is 9.47 Å². The standard InChI is InChI=1S/C15H15N3O3/c1-20-6-5-16-14-8-12(19)13(21-14)7-10-9-18-15-11(10)3-2-4-17-15/h2-4,7-9,16H,5-6H2,1H3,(H,17,18)/b13-7+. The Bertz CT molecular complexity index is 731. The number of methoxy groups -OCH3 is 1. The number of carbonyl (C=O) groups excluding carboxylic acids is 1. The number of ether oxygens (including phenoxy) is 2. The number of aromatic amines is 1. The summed E-state index contributed by atoms with van der Waals surface area (Å²) in [7, 11) is 1.62. The van der Waals surface area contributed by atoms with Gasteiger partial charge in [-0.2, -0.15) is 0 Å². The van der Waals surface area contributed by atoms with E-state index in [2.05, 4.69) is 15.3 Å². The summed E-state index contributed by atoms with van der Waals surface area (Å²) >= 11 is 0. The number of allylic oxidation sites excluding steroid dienone is 1. The predicted octanol–water partition coefficient (Wildman–Crippen LogP) is 1.58. The molecule has 0 radical (unpaired) electrons. The normalized spacial score (nSPS) is 16.3. The number of ketones is 1. The van der Waals surface area contributed by atoms with Crippen molar-refractivity contribution in [3.63, 3.8) is 0 Å². The van der Waals surface area contributed by atoms with E-state index in [1.807, 2.05) is 12.1 Å². The molecule has 108 valence electrons. The van der Waals surface area contributed by atoms with Gasteiger partial charge in [-0.1, -0.05) is 0 Å². The van der Waals surface area contributed by atoms with Crippen molar-refractivity contribution >= 4 is 22.9 Å². The molecule has 21 heavy (non-hydrogen) atoms. The number of rotatable bonds is 5.